The van der Waals surface area contributed by atoms with Gasteiger partial charge in [0.25, 0.3) is 0 Å². The second kappa shape index (κ2) is 8.11. The highest BCUT2D eigenvalue weighted by atomic mass is 16.2. The minimum Gasteiger partial charge on any atom is -0.324 e. The van der Waals surface area contributed by atoms with E-state index in [9.17, 15) is 4.79 Å². The zero-order chi connectivity index (χ0) is 17.6. The highest BCUT2D eigenvalue weighted by Crippen LogP contribution is 2.18. The van der Waals surface area contributed by atoms with Gasteiger partial charge in [-0.3, -0.25) is 19.9 Å². The van der Waals surface area contributed by atoms with Crippen LogP contribution in [0.3, 0.4) is 0 Å². The largest absolute Gasteiger partial charge is 0.324 e. The molecule has 3 heterocycles. The van der Waals surface area contributed by atoms with Crippen LogP contribution in [0.2, 0.25) is 0 Å². The number of pyridine rings is 1. The first-order valence-electron chi connectivity index (χ1n) is 8.77. The van der Waals surface area contributed by atoms with E-state index in [1.807, 2.05) is 36.5 Å². The Morgan fingerprint density at radius 2 is 2.20 bits per heavy atom. The van der Waals surface area contributed by atoms with E-state index in [1.165, 1.54) is 0 Å². The van der Waals surface area contributed by atoms with E-state index < -0.39 is 0 Å². The molecule has 1 unspecified atom stereocenters. The van der Waals surface area contributed by atoms with E-state index in [4.69, 9.17) is 0 Å². The van der Waals surface area contributed by atoms with Crippen molar-refractivity contribution in [2.45, 2.75) is 31.8 Å². The summed E-state index contributed by atoms with van der Waals surface area (Å²) >= 11 is 0. The van der Waals surface area contributed by atoms with E-state index in [0.29, 0.717) is 11.9 Å². The van der Waals surface area contributed by atoms with Crippen LogP contribution < -0.4 is 5.32 Å². The number of urea groups is 1. The molecule has 1 aliphatic rings. The minimum atomic E-state index is -0.0632. The predicted octanol–water partition coefficient (Wildman–Crippen LogP) is 2.33. The van der Waals surface area contributed by atoms with E-state index in [2.05, 4.69) is 33.4 Å². The molecule has 1 fully saturated rings. The van der Waals surface area contributed by atoms with Gasteiger partial charge < -0.3 is 4.90 Å². The molecule has 1 atom stereocenters. The summed E-state index contributed by atoms with van der Waals surface area (Å²) in [4.78, 5) is 21.1. The number of nitrogens with one attached hydrogen (secondary N) is 1. The van der Waals surface area contributed by atoms with E-state index >= 15 is 0 Å². The molecule has 3 rings (SSSR count). The van der Waals surface area contributed by atoms with Crippen LogP contribution in [0.1, 0.15) is 25.0 Å². The lowest BCUT2D eigenvalue weighted by Crippen LogP contribution is -2.37. The summed E-state index contributed by atoms with van der Waals surface area (Å²) in [5, 5.41) is 7.08. The van der Waals surface area contributed by atoms with Crippen molar-refractivity contribution in [1.29, 1.82) is 0 Å². The van der Waals surface area contributed by atoms with Crippen LogP contribution in [0.15, 0.2) is 36.7 Å². The Labute approximate surface area is 148 Å². The Morgan fingerprint density at radius 3 is 2.92 bits per heavy atom. The molecule has 7 heteroatoms. The van der Waals surface area contributed by atoms with Crippen molar-refractivity contribution in [3.63, 3.8) is 0 Å². The molecule has 0 saturated carbocycles. The Morgan fingerprint density at radius 1 is 1.32 bits per heavy atom. The third-order valence-corrected chi connectivity index (χ3v) is 4.69. The first kappa shape index (κ1) is 17.4. The number of nitrogens with zero attached hydrogens (tertiary/aromatic N) is 5. The van der Waals surface area contributed by atoms with Crippen LogP contribution in [-0.2, 0) is 13.6 Å². The first-order valence-corrected chi connectivity index (χ1v) is 8.77. The Kier molecular flexibility index (Phi) is 5.65. The van der Waals surface area contributed by atoms with Crippen LogP contribution in [-0.4, -0.2) is 56.8 Å². The predicted molar refractivity (Wildman–Crippen MR) is 97.1 cm³/mol. The number of aryl methyl sites for hydroxylation is 1. The maximum absolute atomic E-state index is 12.4. The molecule has 2 aromatic rings. The van der Waals surface area contributed by atoms with Gasteiger partial charge in [0.05, 0.1) is 5.69 Å². The molecule has 1 N–H and O–H groups in total. The fourth-order valence-corrected chi connectivity index (χ4v) is 3.27. The lowest BCUT2D eigenvalue weighted by Gasteiger charge is -2.27. The third-order valence-electron chi connectivity index (χ3n) is 4.69. The topological polar surface area (TPSA) is 66.3 Å². The lowest BCUT2D eigenvalue weighted by atomic mass is 10.1. The molecular formula is C18H26N6O. The zero-order valence-electron chi connectivity index (χ0n) is 14.9. The average molecular weight is 342 g/mol. The molecule has 7 nitrogen and oxygen atoms in total. The van der Waals surface area contributed by atoms with Crippen molar-refractivity contribution in [3.05, 3.63) is 42.4 Å². The minimum absolute atomic E-state index is 0.0632. The summed E-state index contributed by atoms with van der Waals surface area (Å²) in [6.45, 7) is 2.38. The summed E-state index contributed by atoms with van der Waals surface area (Å²) in [7, 11) is 3.98. The average Bonchev–Trinajstić information content (AvgIpc) is 2.86. The molecule has 134 valence electrons. The molecule has 0 bridgehead atoms. The Bertz CT molecular complexity index is 686. The highest BCUT2D eigenvalue weighted by Gasteiger charge is 2.23. The quantitative estimate of drug-likeness (QED) is 0.926. The summed E-state index contributed by atoms with van der Waals surface area (Å²) in [6, 6.07) is 8.22. The first-order chi connectivity index (χ1) is 12.1. The van der Waals surface area contributed by atoms with Gasteiger partial charge in [0.15, 0.2) is 5.82 Å². The molecular weight excluding hydrogens is 316 g/mol. The number of hydrogen-bond donors (Lipinski definition) is 1. The van der Waals surface area contributed by atoms with Crippen molar-refractivity contribution in [1.82, 2.24) is 24.6 Å². The summed E-state index contributed by atoms with van der Waals surface area (Å²) in [5.74, 6) is 0.598. The fourth-order valence-electron chi connectivity index (χ4n) is 3.27. The van der Waals surface area contributed by atoms with Crippen LogP contribution in [0, 0.1) is 0 Å². The van der Waals surface area contributed by atoms with Crippen molar-refractivity contribution in [2.75, 3.05) is 25.5 Å². The van der Waals surface area contributed by atoms with Crippen molar-refractivity contribution in [3.8, 4) is 0 Å². The molecule has 1 saturated heterocycles. The zero-order valence-corrected chi connectivity index (χ0v) is 14.9. The van der Waals surface area contributed by atoms with Crippen LogP contribution >= 0.6 is 0 Å². The van der Waals surface area contributed by atoms with E-state index in [0.717, 1.165) is 44.6 Å². The Balaban J connectivity index is 1.52. The van der Waals surface area contributed by atoms with Crippen molar-refractivity contribution >= 4 is 11.8 Å². The van der Waals surface area contributed by atoms with Crippen molar-refractivity contribution < 1.29 is 4.79 Å². The number of likely N-dealkylation sites (tertiary alicyclic amines) is 1. The van der Waals surface area contributed by atoms with Gasteiger partial charge in [-0.05, 0) is 38.4 Å². The number of anilines is 1. The number of hydrogen-bond acceptors (Lipinski definition) is 4. The molecule has 25 heavy (non-hydrogen) atoms. The Hall–Kier alpha value is -2.41. The number of aromatic nitrogens is 3. The standard InChI is InChI=1S/C18H26N6O/c1-22(14-15-6-3-4-10-19-15)16-7-5-11-24(13-8-16)18(25)20-17-9-12-23(2)21-17/h3-4,6,9-10,12,16H,5,7-8,11,13-14H2,1-2H3,(H,20,21,25). The molecule has 0 radical (unpaired) electrons. The van der Waals surface area contributed by atoms with Crippen LogP contribution in [0.25, 0.3) is 0 Å². The molecule has 0 aromatic carbocycles. The summed E-state index contributed by atoms with van der Waals surface area (Å²) in [5.41, 5.74) is 1.08. The van der Waals surface area contributed by atoms with Gasteiger partial charge in [0.2, 0.25) is 0 Å². The van der Waals surface area contributed by atoms with E-state index in [1.54, 1.807) is 10.7 Å². The fraction of sp³-hybridized carbons (Fsp3) is 0.500. The van der Waals surface area contributed by atoms with Gasteiger partial charge in [-0.15, -0.1) is 0 Å². The smallest absolute Gasteiger partial charge is 0.323 e. The SMILES string of the molecule is CN(Cc1ccccn1)C1CCCN(C(=O)Nc2ccn(C)n2)CC1. The van der Waals surface area contributed by atoms with Gasteiger partial charge in [0, 0.05) is 51.2 Å². The van der Waals surface area contributed by atoms with E-state index in [-0.39, 0.29) is 6.03 Å². The highest BCUT2D eigenvalue weighted by molar-refractivity contribution is 5.88. The molecule has 0 aliphatic carbocycles. The lowest BCUT2D eigenvalue weighted by molar-refractivity contribution is 0.200. The van der Waals surface area contributed by atoms with Gasteiger partial charge in [0.1, 0.15) is 0 Å². The van der Waals surface area contributed by atoms with Gasteiger partial charge >= 0.3 is 6.03 Å². The maximum atomic E-state index is 12.4. The summed E-state index contributed by atoms with van der Waals surface area (Å²) in [6.07, 6.45) is 6.73. The van der Waals surface area contributed by atoms with Gasteiger partial charge in [-0.1, -0.05) is 6.07 Å². The number of carbonyl (C=O) groups excluding carboxylic acids is 1. The molecule has 2 amide bonds. The normalized spacial score (nSPS) is 18.2. The van der Waals surface area contributed by atoms with Crippen LogP contribution in [0.5, 0.6) is 0 Å². The summed E-state index contributed by atoms with van der Waals surface area (Å²) < 4.78 is 1.68. The van der Waals surface area contributed by atoms with Crippen molar-refractivity contribution in [2.24, 2.45) is 7.05 Å². The molecule has 0 spiro atoms. The molecule has 1 aliphatic heterocycles. The van der Waals surface area contributed by atoms with Crippen LogP contribution in [0.4, 0.5) is 10.6 Å². The number of carbonyl (C=O) groups is 1. The number of amides is 2. The number of rotatable bonds is 4. The molecule has 2 aromatic heterocycles. The second-order valence-corrected chi connectivity index (χ2v) is 6.61. The third kappa shape index (κ3) is 4.79. The monoisotopic (exact) mass is 342 g/mol. The van der Waals surface area contributed by atoms with Gasteiger partial charge in [-0.2, -0.15) is 5.10 Å². The van der Waals surface area contributed by atoms with Gasteiger partial charge in [-0.25, -0.2) is 4.79 Å². The maximum Gasteiger partial charge on any atom is 0.323 e. The second-order valence-electron chi connectivity index (χ2n) is 6.61.